The molecule has 1 heterocycles. The monoisotopic (exact) mass is 420 g/mol. The number of carbonyl (C=O) groups is 1. The van der Waals surface area contributed by atoms with Crippen LogP contribution in [0.4, 0.5) is 10.5 Å². The number of nitrogens with one attached hydrogen (secondary N) is 3. The number of anilines is 1. The highest BCUT2D eigenvalue weighted by atomic mass is 16.6. The van der Waals surface area contributed by atoms with Crippen LogP contribution in [0.5, 0.6) is 0 Å². The first-order chi connectivity index (χ1) is 14.3. The van der Waals surface area contributed by atoms with Crippen molar-refractivity contribution in [2.45, 2.75) is 51.2 Å². The Bertz CT molecular complexity index is 692. The maximum absolute atomic E-state index is 11.8. The van der Waals surface area contributed by atoms with Crippen molar-refractivity contribution in [2.75, 3.05) is 45.8 Å². The zero-order chi connectivity index (χ0) is 22.0. The minimum absolute atomic E-state index is 0.202. The number of amides is 1. The van der Waals surface area contributed by atoms with E-state index < -0.39 is 11.7 Å². The molecular formula is C22H36N4O4. The minimum atomic E-state index is -0.518. The molecule has 8 nitrogen and oxygen atoms in total. The lowest BCUT2D eigenvalue weighted by molar-refractivity contribution is -0.0855. The summed E-state index contributed by atoms with van der Waals surface area (Å²) in [5.41, 5.74) is 1.15. The standard InChI is InChI=1S/C22H36N4O4/c1-21(2,3)30-20(27)26-18-8-6-17(7-9-18)10-13-24-19(23-4)25-16-22(28-5)11-14-29-15-12-22/h6-9H,10-16H2,1-5H3,(H,26,27)(H2,23,24,25). The molecule has 1 saturated heterocycles. The third kappa shape index (κ3) is 8.20. The third-order valence-corrected chi connectivity index (χ3v) is 4.94. The summed E-state index contributed by atoms with van der Waals surface area (Å²) in [5.74, 6) is 0.751. The Labute approximate surface area is 179 Å². The van der Waals surface area contributed by atoms with Gasteiger partial charge in [-0.1, -0.05) is 12.1 Å². The first-order valence-electron chi connectivity index (χ1n) is 10.4. The van der Waals surface area contributed by atoms with Gasteiger partial charge in [0, 0.05) is 59.0 Å². The van der Waals surface area contributed by atoms with Crippen LogP contribution in [-0.4, -0.2) is 63.7 Å². The molecule has 0 bridgehead atoms. The second-order valence-corrected chi connectivity index (χ2v) is 8.43. The van der Waals surface area contributed by atoms with Gasteiger partial charge in [-0.2, -0.15) is 0 Å². The molecule has 0 radical (unpaired) electrons. The van der Waals surface area contributed by atoms with Crippen molar-refractivity contribution in [1.29, 1.82) is 0 Å². The second kappa shape index (κ2) is 11.2. The molecule has 0 aromatic heterocycles. The Morgan fingerprint density at radius 1 is 1.17 bits per heavy atom. The number of aliphatic imine (C=N–C) groups is 1. The van der Waals surface area contributed by atoms with Crippen molar-refractivity contribution >= 4 is 17.7 Å². The molecular weight excluding hydrogens is 384 g/mol. The fourth-order valence-electron chi connectivity index (χ4n) is 3.16. The Hall–Kier alpha value is -2.32. The molecule has 1 amide bonds. The lowest BCUT2D eigenvalue weighted by atomic mass is 9.94. The van der Waals surface area contributed by atoms with Crippen LogP contribution in [0.3, 0.4) is 0 Å². The maximum Gasteiger partial charge on any atom is 0.412 e. The number of hydrogen-bond donors (Lipinski definition) is 3. The van der Waals surface area contributed by atoms with Crippen LogP contribution in [-0.2, 0) is 20.6 Å². The van der Waals surface area contributed by atoms with E-state index in [0.717, 1.165) is 50.5 Å². The third-order valence-electron chi connectivity index (χ3n) is 4.94. The van der Waals surface area contributed by atoms with E-state index in [4.69, 9.17) is 14.2 Å². The lowest BCUT2D eigenvalue weighted by Gasteiger charge is -2.36. The van der Waals surface area contributed by atoms with E-state index in [1.165, 1.54) is 0 Å². The Morgan fingerprint density at radius 3 is 2.40 bits per heavy atom. The molecule has 30 heavy (non-hydrogen) atoms. The van der Waals surface area contributed by atoms with E-state index in [2.05, 4.69) is 20.9 Å². The average Bonchev–Trinajstić information content (AvgIpc) is 2.71. The molecule has 3 N–H and O–H groups in total. The van der Waals surface area contributed by atoms with Crippen LogP contribution in [0.2, 0.25) is 0 Å². The van der Waals surface area contributed by atoms with E-state index in [1.807, 2.05) is 45.0 Å². The van der Waals surface area contributed by atoms with Gasteiger partial charge in [-0.3, -0.25) is 10.3 Å². The van der Waals surface area contributed by atoms with Crippen LogP contribution in [0.25, 0.3) is 0 Å². The molecule has 1 aliphatic rings. The predicted molar refractivity (Wildman–Crippen MR) is 119 cm³/mol. The summed E-state index contributed by atoms with van der Waals surface area (Å²) in [6.07, 6.45) is 2.12. The van der Waals surface area contributed by atoms with Crippen LogP contribution >= 0.6 is 0 Å². The largest absolute Gasteiger partial charge is 0.444 e. The molecule has 1 aromatic carbocycles. The fourth-order valence-corrected chi connectivity index (χ4v) is 3.16. The number of hydrogen-bond acceptors (Lipinski definition) is 5. The highest BCUT2D eigenvalue weighted by molar-refractivity contribution is 5.84. The van der Waals surface area contributed by atoms with Gasteiger partial charge in [0.25, 0.3) is 0 Å². The predicted octanol–water partition coefficient (Wildman–Crippen LogP) is 2.94. The van der Waals surface area contributed by atoms with E-state index in [-0.39, 0.29) is 5.60 Å². The number of carbonyl (C=O) groups excluding carboxylic acids is 1. The highest BCUT2D eigenvalue weighted by Crippen LogP contribution is 2.23. The number of guanidine groups is 1. The normalized spacial score (nSPS) is 16.6. The van der Waals surface area contributed by atoms with E-state index in [0.29, 0.717) is 12.2 Å². The quantitative estimate of drug-likeness (QED) is 0.464. The van der Waals surface area contributed by atoms with Crippen LogP contribution < -0.4 is 16.0 Å². The summed E-state index contributed by atoms with van der Waals surface area (Å²) in [7, 11) is 3.51. The first-order valence-corrected chi connectivity index (χ1v) is 10.4. The van der Waals surface area contributed by atoms with Crippen molar-refractivity contribution < 1.29 is 19.0 Å². The van der Waals surface area contributed by atoms with Crippen LogP contribution in [0.1, 0.15) is 39.2 Å². The van der Waals surface area contributed by atoms with Crippen LogP contribution in [0.15, 0.2) is 29.3 Å². The zero-order valence-electron chi connectivity index (χ0n) is 18.8. The van der Waals surface area contributed by atoms with E-state index in [9.17, 15) is 4.79 Å². The van der Waals surface area contributed by atoms with Gasteiger partial charge in [0.05, 0.1) is 5.60 Å². The topological polar surface area (TPSA) is 93.2 Å². The van der Waals surface area contributed by atoms with Crippen molar-refractivity contribution in [1.82, 2.24) is 10.6 Å². The number of nitrogens with zero attached hydrogens (tertiary/aromatic N) is 1. The second-order valence-electron chi connectivity index (χ2n) is 8.43. The van der Waals surface area contributed by atoms with Gasteiger partial charge >= 0.3 is 6.09 Å². The molecule has 1 fully saturated rings. The summed E-state index contributed by atoms with van der Waals surface area (Å²) in [5, 5.41) is 9.44. The van der Waals surface area contributed by atoms with Crippen LogP contribution in [0, 0.1) is 0 Å². The van der Waals surface area contributed by atoms with Gasteiger partial charge in [0.2, 0.25) is 0 Å². The Kier molecular flexibility index (Phi) is 8.92. The van der Waals surface area contributed by atoms with Crippen molar-refractivity contribution in [3.05, 3.63) is 29.8 Å². The number of benzene rings is 1. The fraction of sp³-hybridized carbons (Fsp3) is 0.636. The number of rotatable bonds is 7. The van der Waals surface area contributed by atoms with Gasteiger partial charge in [-0.25, -0.2) is 4.79 Å². The number of methoxy groups -OCH3 is 1. The summed E-state index contributed by atoms with van der Waals surface area (Å²) >= 11 is 0. The average molecular weight is 421 g/mol. The summed E-state index contributed by atoms with van der Waals surface area (Å²) < 4.78 is 16.5. The lowest BCUT2D eigenvalue weighted by Crippen LogP contribution is -2.51. The van der Waals surface area contributed by atoms with Gasteiger partial charge in [-0.15, -0.1) is 0 Å². The zero-order valence-corrected chi connectivity index (χ0v) is 18.8. The molecule has 2 rings (SSSR count). The molecule has 0 aliphatic carbocycles. The number of ether oxygens (including phenoxy) is 3. The van der Waals surface area contributed by atoms with E-state index in [1.54, 1.807) is 14.2 Å². The van der Waals surface area contributed by atoms with Gasteiger partial charge < -0.3 is 24.8 Å². The van der Waals surface area contributed by atoms with Crippen molar-refractivity contribution in [3.63, 3.8) is 0 Å². The minimum Gasteiger partial charge on any atom is -0.444 e. The molecule has 0 spiro atoms. The molecule has 0 atom stereocenters. The highest BCUT2D eigenvalue weighted by Gasteiger charge is 2.32. The smallest absolute Gasteiger partial charge is 0.412 e. The molecule has 1 aliphatic heterocycles. The summed E-state index contributed by atoms with van der Waals surface area (Å²) in [4.78, 5) is 16.1. The SMILES string of the molecule is CN=C(NCCc1ccc(NC(=O)OC(C)(C)C)cc1)NCC1(OC)CCOCC1. The molecule has 168 valence electrons. The van der Waals surface area contributed by atoms with Crippen molar-refractivity contribution in [2.24, 2.45) is 4.99 Å². The Balaban J connectivity index is 1.75. The molecule has 0 saturated carbocycles. The Morgan fingerprint density at radius 2 is 1.83 bits per heavy atom. The van der Waals surface area contributed by atoms with E-state index >= 15 is 0 Å². The first kappa shape index (κ1) is 24.0. The molecule has 1 aromatic rings. The molecule has 8 heteroatoms. The van der Waals surface area contributed by atoms with Gasteiger partial charge in [-0.05, 0) is 44.9 Å². The van der Waals surface area contributed by atoms with Gasteiger partial charge in [0.15, 0.2) is 5.96 Å². The summed E-state index contributed by atoms with van der Waals surface area (Å²) in [6, 6.07) is 7.73. The van der Waals surface area contributed by atoms with Gasteiger partial charge in [0.1, 0.15) is 5.60 Å². The van der Waals surface area contributed by atoms with Crippen molar-refractivity contribution in [3.8, 4) is 0 Å². The maximum atomic E-state index is 11.8. The summed E-state index contributed by atoms with van der Waals surface area (Å²) in [6.45, 7) is 8.39. The molecule has 0 unspecified atom stereocenters.